The third-order valence-electron chi connectivity index (χ3n) is 11.7. The lowest BCUT2D eigenvalue weighted by Gasteiger charge is -2.39. The molecule has 0 spiro atoms. The minimum Gasteiger partial charge on any atom is -0.434 e. The van der Waals surface area contributed by atoms with Crippen molar-refractivity contribution < 1.29 is 65.2 Å². The molecule has 0 saturated carbocycles. The van der Waals surface area contributed by atoms with Crippen LogP contribution in [0.15, 0.2) is 42.5 Å². The summed E-state index contributed by atoms with van der Waals surface area (Å²) in [6.45, 7) is 9.16. The van der Waals surface area contributed by atoms with Crippen LogP contribution in [0.1, 0.15) is 82.2 Å². The molecule has 0 radical (unpaired) electrons. The molecule has 15 nitrogen and oxygen atoms in total. The van der Waals surface area contributed by atoms with Gasteiger partial charge in [-0.2, -0.15) is 13.2 Å². The van der Waals surface area contributed by atoms with Crippen molar-refractivity contribution in [1.82, 2.24) is 26.3 Å². The Hall–Kier alpha value is -5.27. The third-order valence-corrected chi connectivity index (χ3v) is 11.7. The van der Waals surface area contributed by atoms with Gasteiger partial charge in [-0.25, -0.2) is 9.18 Å². The van der Waals surface area contributed by atoms with E-state index in [1.165, 1.54) is 30.3 Å². The maximum atomic E-state index is 14.8. The molecule has 4 rings (SSSR count). The van der Waals surface area contributed by atoms with E-state index in [2.05, 4.69) is 26.3 Å². The number of H-pyrrole nitrogens is 1. The number of hydrogen-bond acceptors (Lipinski definition) is 10. The molecule has 65 heavy (non-hydrogen) atoms. The lowest BCUT2D eigenvalue weighted by atomic mass is 9.78. The van der Waals surface area contributed by atoms with E-state index < -0.39 is 76.8 Å². The Morgan fingerprint density at radius 1 is 0.800 bits per heavy atom. The fraction of sp³-hybridized carbons (Fsp3) is 0.587. The summed E-state index contributed by atoms with van der Waals surface area (Å²) in [5.74, 6) is -4.04. The number of aryl methyl sites for hydroxylation is 1. The Kier molecular flexibility index (Phi) is 20.5. The smallest absolute Gasteiger partial charge is 0.434 e. The first-order valence-corrected chi connectivity index (χ1v) is 22.1. The van der Waals surface area contributed by atoms with E-state index in [1.807, 2.05) is 13.8 Å². The van der Waals surface area contributed by atoms with Gasteiger partial charge in [-0.1, -0.05) is 70.9 Å². The Balaban J connectivity index is 1.46. The van der Waals surface area contributed by atoms with E-state index in [0.717, 1.165) is 6.07 Å². The Bertz CT molecular complexity index is 2050. The van der Waals surface area contributed by atoms with Gasteiger partial charge in [0.25, 0.3) is 0 Å². The summed E-state index contributed by atoms with van der Waals surface area (Å²) in [5, 5.41) is 11.5. The van der Waals surface area contributed by atoms with E-state index in [4.69, 9.17) is 23.7 Å². The van der Waals surface area contributed by atoms with Gasteiger partial charge in [0.05, 0.1) is 57.1 Å². The van der Waals surface area contributed by atoms with Gasteiger partial charge >= 0.3 is 12.3 Å². The molecule has 5 N–H and O–H groups in total. The van der Waals surface area contributed by atoms with Crippen LogP contribution >= 0.6 is 0 Å². The van der Waals surface area contributed by atoms with Crippen LogP contribution in [0.25, 0.3) is 10.9 Å². The first-order chi connectivity index (χ1) is 31.0. The third kappa shape index (κ3) is 15.1. The number of carbonyl (C=O) groups is 5. The standard InChI is InChI=1S/C46H63F4N5O10/c1-6-29(3)38(41(57)51-19-10-11-20-64-44(60)65-26-25-63-24-23-62-22-21-61-5)54-43(59)45(18-17-36-33(28-45)32-14-12-15-34(40(32)52-36)46(48,49)50)55-42(58)39(30(4)7-2)53-37(56)27-31-13-8-9-16-35(31)47/h8-9,12-16,29-30,38-39,52H,6-7,10-11,17-28H2,1-5H3,(H,51,57)(H,53,56)(H,54,59)(H,55,58)/t29?,30?,38?,39?,45-/m1/s1. The number of rotatable bonds is 26. The number of benzene rings is 2. The van der Waals surface area contributed by atoms with E-state index in [9.17, 15) is 41.5 Å². The van der Waals surface area contributed by atoms with Gasteiger partial charge in [0, 0.05) is 31.2 Å². The largest absolute Gasteiger partial charge is 0.508 e. The number of alkyl halides is 3. The zero-order chi connectivity index (χ0) is 47.6. The van der Waals surface area contributed by atoms with Gasteiger partial charge < -0.3 is 49.9 Å². The summed E-state index contributed by atoms with van der Waals surface area (Å²) in [7, 11) is 1.58. The second-order valence-electron chi connectivity index (χ2n) is 16.3. The molecule has 1 aliphatic rings. The average molecular weight is 922 g/mol. The summed E-state index contributed by atoms with van der Waals surface area (Å²) in [4.78, 5) is 71.1. The van der Waals surface area contributed by atoms with Gasteiger partial charge in [-0.3, -0.25) is 19.2 Å². The summed E-state index contributed by atoms with van der Waals surface area (Å²) < 4.78 is 82.5. The van der Waals surface area contributed by atoms with Crippen molar-refractivity contribution >= 4 is 40.7 Å². The number of nitrogens with one attached hydrogen (secondary N) is 5. The van der Waals surface area contributed by atoms with Crippen LogP contribution in [0.5, 0.6) is 0 Å². The molecule has 0 saturated heterocycles. The molecule has 2 aromatic carbocycles. The number of halogens is 4. The van der Waals surface area contributed by atoms with Gasteiger partial charge in [0.1, 0.15) is 30.0 Å². The van der Waals surface area contributed by atoms with E-state index in [-0.39, 0.29) is 68.5 Å². The van der Waals surface area contributed by atoms with E-state index in [1.54, 1.807) is 27.0 Å². The topological polar surface area (TPSA) is 195 Å². The van der Waals surface area contributed by atoms with Crippen LogP contribution in [0.4, 0.5) is 22.4 Å². The summed E-state index contributed by atoms with van der Waals surface area (Å²) in [5.41, 5.74) is -1.80. The fourth-order valence-corrected chi connectivity index (χ4v) is 7.49. The predicted octanol–water partition coefficient (Wildman–Crippen LogP) is 5.70. The number of fused-ring (bicyclic) bond motifs is 3. The molecule has 1 heterocycles. The molecule has 5 atom stereocenters. The van der Waals surface area contributed by atoms with Crippen molar-refractivity contribution in [3.8, 4) is 0 Å². The zero-order valence-corrected chi connectivity index (χ0v) is 37.8. The second-order valence-corrected chi connectivity index (χ2v) is 16.3. The lowest BCUT2D eigenvalue weighted by Crippen LogP contribution is -2.67. The van der Waals surface area contributed by atoms with Gasteiger partial charge in [0.15, 0.2) is 0 Å². The maximum Gasteiger partial charge on any atom is 0.508 e. The van der Waals surface area contributed by atoms with Crippen LogP contribution in [-0.2, 0) is 68.3 Å². The highest BCUT2D eigenvalue weighted by molar-refractivity contribution is 5.99. The van der Waals surface area contributed by atoms with Crippen LogP contribution in [-0.4, -0.2) is 112 Å². The normalized spacial score (nSPS) is 16.7. The molecule has 360 valence electrons. The first-order valence-electron chi connectivity index (χ1n) is 22.1. The van der Waals surface area contributed by atoms with E-state index in [0.29, 0.717) is 63.4 Å². The maximum absolute atomic E-state index is 14.8. The summed E-state index contributed by atoms with van der Waals surface area (Å²) in [6, 6.07) is 7.25. The number of carbonyl (C=O) groups excluding carboxylic acids is 5. The van der Waals surface area contributed by atoms with Crippen molar-refractivity contribution in [2.24, 2.45) is 11.8 Å². The molecule has 0 fully saturated rings. The summed E-state index contributed by atoms with van der Waals surface area (Å²) in [6.07, 6.45) is -4.41. The number of aromatic amines is 1. The zero-order valence-electron chi connectivity index (χ0n) is 37.8. The Labute approximate surface area is 376 Å². The van der Waals surface area contributed by atoms with Gasteiger partial charge in [-0.05, 0) is 60.8 Å². The molecule has 19 heteroatoms. The molecular weight excluding hydrogens is 859 g/mol. The number of methoxy groups -OCH3 is 1. The van der Waals surface area contributed by atoms with Crippen molar-refractivity contribution in [2.45, 2.75) is 103 Å². The molecule has 1 aromatic heterocycles. The highest BCUT2D eigenvalue weighted by Crippen LogP contribution is 2.40. The van der Waals surface area contributed by atoms with Gasteiger partial charge in [-0.15, -0.1) is 0 Å². The summed E-state index contributed by atoms with van der Waals surface area (Å²) >= 11 is 0. The highest BCUT2D eigenvalue weighted by Gasteiger charge is 2.47. The van der Waals surface area contributed by atoms with Crippen molar-refractivity contribution in [3.05, 3.63) is 70.7 Å². The van der Waals surface area contributed by atoms with Crippen LogP contribution in [0.2, 0.25) is 0 Å². The van der Waals surface area contributed by atoms with Crippen LogP contribution in [0.3, 0.4) is 0 Å². The fourth-order valence-electron chi connectivity index (χ4n) is 7.49. The first kappa shape index (κ1) is 52.4. The number of ether oxygens (including phenoxy) is 5. The Morgan fingerprint density at radius 3 is 2.11 bits per heavy atom. The van der Waals surface area contributed by atoms with Crippen molar-refractivity contribution in [3.63, 3.8) is 0 Å². The quantitative estimate of drug-likeness (QED) is 0.0379. The second kappa shape index (κ2) is 25.4. The number of para-hydroxylation sites is 1. The van der Waals surface area contributed by atoms with E-state index >= 15 is 0 Å². The average Bonchev–Trinajstić information content (AvgIpc) is 3.65. The number of aromatic nitrogens is 1. The monoisotopic (exact) mass is 921 g/mol. The highest BCUT2D eigenvalue weighted by atomic mass is 19.4. The number of unbranched alkanes of at least 4 members (excludes halogenated alkanes) is 1. The van der Waals surface area contributed by atoms with Crippen LogP contribution < -0.4 is 21.3 Å². The SMILES string of the molecule is CCC(C)C(NC(=O)Cc1ccccc1F)C(=O)N[C@]1(C(=O)NC(C(=O)NCCCCOC(=O)OCCOCCOCCOC)C(C)CC)CCc2[nH]c3c(C(F)(F)F)cccc3c2C1. The Morgan fingerprint density at radius 2 is 1.45 bits per heavy atom. The molecule has 0 bridgehead atoms. The molecule has 4 amide bonds. The van der Waals surface area contributed by atoms with Crippen LogP contribution in [0, 0.1) is 17.7 Å². The predicted molar refractivity (Wildman–Crippen MR) is 232 cm³/mol. The minimum atomic E-state index is -4.67. The molecule has 4 unspecified atom stereocenters. The molecule has 1 aliphatic carbocycles. The molecule has 0 aliphatic heterocycles. The van der Waals surface area contributed by atoms with Crippen molar-refractivity contribution in [1.29, 1.82) is 0 Å². The molecular formula is C46H63F4N5O10. The van der Waals surface area contributed by atoms with Gasteiger partial charge in [0.2, 0.25) is 23.6 Å². The number of hydrogen-bond donors (Lipinski definition) is 5. The minimum absolute atomic E-state index is 0.00530. The molecule has 3 aromatic rings. The van der Waals surface area contributed by atoms with Crippen molar-refractivity contribution in [2.75, 3.05) is 59.9 Å². The number of amides is 4. The lowest BCUT2D eigenvalue weighted by molar-refractivity contribution is -0.139.